The summed E-state index contributed by atoms with van der Waals surface area (Å²) in [5.41, 5.74) is 2.13. The molecular formula is C15H14ClNO3. The number of aryl methyl sites for hydroxylation is 2. The molecule has 0 atom stereocenters. The van der Waals surface area contributed by atoms with Gasteiger partial charge in [-0.2, -0.15) is 0 Å². The molecule has 104 valence electrons. The molecule has 4 nitrogen and oxygen atoms in total. The Morgan fingerprint density at radius 2 is 2.10 bits per heavy atom. The smallest absolute Gasteiger partial charge is 0.341 e. The van der Waals surface area contributed by atoms with Crippen molar-refractivity contribution >= 4 is 17.6 Å². The van der Waals surface area contributed by atoms with Gasteiger partial charge in [-0.1, -0.05) is 23.7 Å². The highest BCUT2D eigenvalue weighted by atomic mass is 35.5. The van der Waals surface area contributed by atoms with Crippen molar-refractivity contribution in [3.05, 3.63) is 57.9 Å². The van der Waals surface area contributed by atoms with Crippen molar-refractivity contribution in [3.8, 4) is 5.75 Å². The van der Waals surface area contributed by atoms with Gasteiger partial charge < -0.3 is 9.84 Å². The van der Waals surface area contributed by atoms with E-state index in [1.165, 1.54) is 0 Å². The van der Waals surface area contributed by atoms with E-state index in [2.05, 4.69) is 4.98 Å². The monoisotopic (exact) mass is 291 g/mol. The SMILES string of the molecule is Cc1cc(OCc2cccc(Cl)c2)c(C(=O)O)c(C)n1. The summed E-state index contributed by atoms with van der Waals surface area (Å²) in [6.07, 6.45) is 0. The second-order valence-corrected chi connectivity index (χ2v) is 4.88. The summed E-state index contributed by atoms with van der Waals surface area (Å²) in [5.74, 6) is -0.724. The van der Waals surface area contributed by atoms with E-state index < -0.39 is 5.97 Å². The Morgan fingerprint density at radius 1 is 1.35 bits per heavy atom. The lowest BCUT2D eigenvalue weighted by Crippen LogP contribution is -2.08. The Hall–Kier alpha value is -2.07. The van der Waals surface area contributed by atoms with Crippen molar-refractivity contribution in [1.29, 1.82) is 0 Å². The third kappa shape index (κ3) is 3.27. The normalized spacial score (nSPS) is 10.3. The van der Waals surface area contributed by atoms with Gasteiger partial charge >= 0.3 is 5.97 Å². The van der Waals surface area contributed by atoms with Crippen LogP contribution < -0.4 is 4.74 Å². The minimum atomic E-state index is -1.05. The summed E-state index contributed by atoms with van der Waals surface area (Å²) in [5, 5.41) is 9.85. The van der Waals surface area contributed by atoms with Gasteiger partial charge in [0.1, 0.15) is 17.9 Å². The molecule has 0 bridgehead atoms. The Morgan fingerprint density at radius 3 is 2.75 bits per heavy atom. The Balaban J connectivity index is 2.27. The van der Waals surface area contributed by atoms with Gasteiger partial charge in [-0.25, -0.2) is 4.79 Å². The Labute approximate surface area is 122 Å². The summed E-state index contributed by atoms with van der Waals surface area (Å²) < 4.78 is 5.62. The van der Waals surface area contributed by atoms with Crippen molar-refractivity contribution in [1.82, 2.24) is 4.98 Å². The molecule has 5 heteroatoms. The average molecular weight is 292 g/mol. The van der Waals surface area contributed by atoms with E-state index in [0.29, 0.717) is 22.2 Å². The van der Waals surface area contributed by atoms with Crippen molar-refractivity contribution in [2.75, 3.05) is 0 Å². The van der Waals surface area contributed by atoms with Crippen molar-refractivity contribution in [2.45, 2.75) is 20.5 Å². The topological polar surface area (TPSA) is 59.4 Å². The molecule has 0 spiro atoms. The molecule has 1 aromatic carbocycles. The molecule has 20 heavy (non-hydrogen) atoms. The Kier molecular flexibility index (Phi) is 4.25. The van der Waals surface area contributed by atoms with Crippen LogP contribution in [0.2, 0.25) is 5.02 Å². The van der Waals surface area contributed by atoms with Crippen LogP contribution in [0.5, 0.6) is 5.75 Å². The molecule has 1 N–H and O–H groups in total. The number of carboxylic acids is 1. The zero-order valence-electron chi connectivity index (χ0n) is 11.2. The number of ether oxygens (including phenoxy) is 1. The van der Waals surface area contributed by atoms with Crippen LogP contribution in [0.1, 0.15) is 27.3 Å². The molecule has 2 aromatic rings. The summed E-state index contributed by atoms with van der Waals surface area (Å²) in [4.78, 5) is 15.4. The summed E-state index contributed by atoms with van der Waals surface area (Å²) >= 11 is 5.90. The van der Waals surface area contributed by atoms with Gasteiger partial charge in [0.05, 0.1) is 5.69 Å². The van der Waals surface area contributed by atoms with Crippen LogP contribution in [-0.2, 0) is 6.61 Å². The van der Waals surface area contributed by atoms with Crippen molar-refractivity contribution < 1.29 is 14.6 Å². The maximum atomic E-state index is 11.3. The number of pyridine rings is 1. The van der Waals surface area contributed by atoms with Crippen LogP contribution in [0.15, 0.2) is 30.3 Å². The molecule has 0 aliphatic carbocycles. The van der Waals surface area contributed by atoms with Gasteiger partial charge in [-0.05, 0) is 31.5 Å². The average Bonchev–Trinajstić information content (AvgIpc) is 2.35. The number of carboxylic acid groups (broad SMARTS) is 1. The van der Waals surface area contributed by atoms with Crippen molar-refractivity contribution in [3.63, 3.8) is 0 Å². The van der Waals surface area contributed by atoms with E-state index in [0.717, 1.165) is 5.56 Å². The largest absolute Gasteiger partial charge is 0.488 e. The maximum Gasteiger partial charge on any atom is 0.341 e. The lowest BCUT2D eigenvalue weighted by molar-refractivity contribution is 0.0690. The fourth-order valence-electron chi connectivity index (χ4n) is 1.95. The zero-order chi connectivity index (χ0) is 14.7. The standard InChI is InChI=1S/C15H14ClNO3/c1-9-6-13(14(15(18)19)10(2)17-9)20-8-11-4-3-5-12(16)7-11/h3-7H,8H2,1-2H3,(H,18,19). The van der Waals surface area contributed by atoms with E-state index in [1.807, 2.05) is 12.1 Å². The molecule has 0 amide bonds. The number of rotatable bonds is 4. The first kappa shape index (κ1) is 14.3. The molecule has 0 unspecified atom stereocenters. The van der Waals surface area contributed by atoms with Gasteiger partial charge in [0.25, 0.3) is 0 Å². The number of hydrogen-bond acceptors (Lipinski definition) is 3. The van der Waals surface area contributed by atoms with Crippen LogP contribution in [0.25, 0.3) is 0 Å². The highest BCUT2D eigenvalue weighted by Crippen LogP contribution is 2.23. The molecule has 0 aliphatic heterocycles. The molecule has 0 saturated heterocycles. The summed E-state index contributed by atoms with van der Waals surface area (Å²) in [6.45, 7) is 3.71. The number of aromatic carboxylic acids is 1. The number of nitrogens with zero attached hydrogens (tertiary/aromatic N) is 1. The van der Waals surface area contributed by atoms with Gasteiger partial charge in [-0.3, -0.25) is 4.98 Å². The number of carbonyl (C=O) groups is 1. The van der Waals surface area contributed by atoms with Crippen LogP contribution in [-0.4, -0.2) is 16.1 Å². The molecule has 0 fully saturated rings. The van der Waals surface area contributed by atoms with Crippen molar-refractivity contribution in [2.24, 2.45) is 0 Å². The second-order valence-electron chi connectivity index (χ2n) is 4.45. The number of hydrogen-bond donors (Lipinski definition) is 1. The fraction of sp³-hybridized carbons (Fsp3) is 0.200. The third-order valence-corrected chi connectivity index (χ3v) is 3.02. The predicted octanol–water partition coefficient (Wildman–Crippen LogP) is 3.63. The van der Waals surface area contributed by atoms with Gasteiger partial charge in [-0.15, -0.1) is 0 Å². The second kappa shape index (κ2) is 5.92. The quantitative estimate of drug-likeness (QED) is 0.934. The first-order chi connectivity index (χ1) is 9.47. The molecule has 2 rings (SSSR count). The summed E-state index contributed by atoms with van der Waals surface area (Å²) in [6, 6.07) is 8.87. The van der Waals surface area contributed by atoms with E-state index in [4.69, 9.17) is 16.3 Å². The number of halogens is 1. The molecule has 1 aromatic heterocycles. The zero-order valence-corrected chi connectivity index (χ0v) is 11.9. The number of benzene rings is 1. The number of aromatic nitrogens is 1. The third-order valence-electron chi connectivity index (χ3n) is 2.79. The first-order valence-corrected chi connectivity index (χ1v) is 6.44. The van der Waals surface area contributed by atoms with Crippen LogP contribution in [0.4, 0.5) is 0 Å². The molecule has 0 saturated carbocycles. The van der Waals surface area contributed by atoms with Crippen LogP contribution in [0.3, 0.4) is 0 Å². The van der Waals surface area contributed by atoms with E-state index in [9.17, 15) is 9.90 Å². The highest BCUT2D eigenvalue weighted by molar-refractivity contribution is 6.30. The van der Waals surface area contributed by atoms with E-state index in [-0.39, 0.29) is 12.2 Å². The van der Waals surface area contributed by atoms with Gasteiger partial charge in [0, 0.05) is 16.8 Å². The van der Waals surface area contributed by atoms with Gasteiger partial charge in [0.2, 0.25) is 0 Å². The Bertz CT molecular complexity index is 656. The lowest BCUT2D eigenvalue weighted by Gasteiger charge is -2.12. The van der Waals surface area contributed by atoms with E-state index >= 15 is 0 Å². The summed E-state index contributed by atoms with van der Waals surface area (Å²) in [7, 11) is 0. The first-order valence-electron chi connectivity index (χ1n) is 6.06. The molecule has 0 radical (unpaired) electrons. The fourth-order valence-corrected chi connectivity index (χ4v) is 2.17. The maximum absolute atomic E-state index is 11.3. The minimum absolute atomic E-state index is 0.0950. The highest BCUT2D eigenvalue weighted by Gasteiger charge is 2.16. The predicted molar refractivity (Wildman–Crippen MR) is 76.5 cm³/mol. The minimum Gasteiger partial charge on any atom is -0.488 e. The van der Waals surface area contributed by atoms with Crippen LogP contribution >= 0.6 is 11.6 Å². The lowest BCUT2D eigenvalue weighted by atomic mass is 10.1. The van der Waals surface area contributed by atoms with E-state index in [1.54, 1.807) is 32.0 Å². The van der Waals surface area contributed by atoms with Gasteiger partial charge in [0.15, 0.2) is 0 Å². The van der Waals surface area contributed by atoms with Crippen LogP contribution in [0, 0.1) is 13.8 Å². The molecule has 1 heterocycles. The molecule has 0 aliphatic rings. The molecular weight excluding hydrogens is 278 g/mol.